The van der Waals surface area contributed by atoms with Crippen molar-refractivity contribution in [3.05, 3.63) is 22.2 Å². The van der Waals surface area contributed by atoms with E-state index in [-0.39, 0.29) is 0 Å². The van der Waals surface area contributed by atoms with E-state index in [2.05, 4.69) is 31.3 Å². The Kier molecular flexibility index (Phi) is 2.41. The second kappa shape index (κ2) is 3.79. The van der Waals surface area contributed by atoms with Gasteiger partial charge in [-0.2, -0.15) is 5.26 Å². The second-order valence-electron chi connectivity index (χ2n) is 3.87. The molecular formula is C11H8BrN3S. The molecule has 1 fully saturated rings. The molecule has 0 saturated heterocycles. The predicted octanol–water partition coefficient (Wildman–Crippen LogP) is 3.34. The van der Waals surface area contributed by atoms with Gasteiger partial charge in [0.05, 0.1) is 22.2 Å². The van der Waals surface area contributed by atoms with Gasteiger partial charge in [-0.25, -0.2) is 4.40 Å². The Morgan fingerprint density at radius 3 is 3.00 bits per heavy atom. The monoisotopic (exact) mass is 293 g/mol. The Morgan fingerprint density at radius 2 is 2.31 bits per heavy atom. The number of hydrogen-bond acceptors (Lipinski definition) is 4. The van der Waals surface area contributed by atoms with Gasteiger partial charge in [-0.1, -0.05) is 0 Å². The summed E-state index contributed by atoms with van der Waals surface area (Å²) in [5.41, 5.74) is 1.79. The highest BCUT2D eigenvalue weighted by atomic mass is 79.9. The number of benzene rings is 1. The first-order valence-electron chi connectivity index (χ1n) is 5.02. The number of anilines is 1. The fraction of sp³-hybridized carbons (Fsp3) is 0.273. The van der Waals surface area contributed by atoms with Gasteiger partial charge in [0.25, 0.3) is 0 Å². The highest BCUT2D eigenvalue weighted by Crippen LogP contribution is 2.44. The maximum absolute atomic E-state index is 8.97. The van der Waals surface area contributed by atoms with Crippen LogP contribution in [0.15, 0.2) is 25.9 Å². The van der Waals surface area contributed by atoms with Crippen LogP contribution in [0.25, 0.3) is 0 Å². The summed E-state index contributed by atoms with van der Waals surface area (Å²) in [6.07, 6.45) is 4.30. The molecule has 1 aromatic rings. The average Bonchev–Trinajstić information content (AvgIpc) is 3.12. The molecule has 3 rings (SSSR count). The van der Waals surface area contributed by atoms with Crippen molar-refractivity contribution >= 4 is 39.9 Å². The van der Waals surface area contributed by atoms with Gasteiger partial charge in [0, 0.05) is 22.5 Å². The van der Waals surface area contributed by atoms with Crippen molar-refractivity contribution in [1.82, 2.24) is 0 Å². The SMILES string of the molecule is N#Cc1cc(Br)c2c(c1)N(C1CC1)C=NS2. The Hall–Kier alpha value is -0.990. The molecule has 0 spiro atoms. The minimum absolute atomic E-state index is 0.573. The molecule has 80 valence electrons. The largest absolute Gasteiger partial charge is 0.328 e. The maximum Gasteiger partial charge on any atom is 0.104 e. The molecule has 0 aromatic heterocycles. The first-order chi connectivity index (χ1) is 7.79. The van der Waals surface area contributed by atoms with E-state index < -0.39 is 0 Å². The Balaban J connectivity index is 2.13. The molecule has 5 heteroatoms. The molecule has 1 saturated carbocycles. The third-order valence-electron chi connectivity index (χ3n) is 2.69. The summed E-state index contributed by atoms with van der Waals surface area (Å²) in [6.45, 7) is 0. The van der Waals surface area contributed by atoms with Gasteiger partial charge in [-0.05, 0) is 40.9 Å². The summed E-state index contributed by atoms with van der Waals surface area (Å²) in [5, 5.41) is 8.97. The van der Waals surface area contributed by atoms with Crippen LogP contribution in [0.4, 0.5) is 5.69 Å². The van der Waals surface area contributed by atoms with Crippen molar-refractivity contribution in [3.63, 3.8) is 0 Å². The number of hydrogen-bond donors (Lipinski definition) is 0. The smallest absolute Gasteiger partial charge is 0.104 e. The van der Waals surface area contributed by atoms with E-state index in [1.165, 1.54) is 24.8 Å². The highest BCUT2D eigenvalue weighted by molar-refractivity contribution is 9.10. The van der Waals surface area contributed by atoms with Crippen LogP contribution in [-0.2, 0) is 0 Å². The molecule has 1 aliphatic carbocycles. The normalized spacial score (nSPS) is 18.1. The topological polar surface area (TPSA) is 39.4 Å². The summed E-state index contributed by atoms with van der Waals surface area (Å²) in [7, 11) is 0. The molecule has 0 amide bonds. The van der Waals surface area contributed by atoms with Gasteiger partial charge >= 0.3 is 0 Å². The summed E-state index contributed by atoms with van der Waals surface area (Å²) >= 11 is 4.95. The molecule has 1 aliphatic heterocycles. The number of halogens is 1. The second-order valence-corrected chi connectivity index (χ2v) is 5.52. The van der Waals surface area contributed by atoms with Gasteiger partial charge in [-0.3, -0.25) is 0 Å². The van der Waals surface area contributed by atoms with Crippen LogP contribution in [0, 0.1) is 11.3 Å². The van der Waals surface area contributed by atoms with E-state index in [1.54, 1.807) is 0 Å². The molecule has 1 heterocycles. The Labute approximate surface area is 106 Å². The molecular weight excluding hydrogens is 286 g/mol. The first kappa shape index (κ1) is 10.2. The highest BCUT2D eigenvalue weighted by Gasteiger charge is 2.32. The zero-order chi connectivity index (χ0) is 11.1. The van der Waals surface area contributed by atoms with Crippen LogP contribution in [0.5, 0.6) is 0 Å². The Morgan fingerprint density at radius 1 is 1.50 bits per heavy atom. The summed E-state index contributed by atoms with van der Waals surface area (Å²) in [6, 6.07) is 6.55. The Bertz CT molecular complexity index is 517. The summed E-state index contributed by atoms with van der Waals surface area (Å²) < 4.78 is 5.23. The zero-order valence-electron chi connectivity index (χ0n) is 8.35. The van der Waals surface area contributed by atoms with E-state index in [0.29, 0.717) is 11.6 Å². The van der Waals surface area contributed by atoms with Crippen LogP contribution in [0.1, 0.15) is 18.4 Å². The molecule has 0 N–H and O–H groups in total. The van der Waals surface area contributed by atoms with E-state index in [0.717, 1.165) is 15.1 Å². The average molecular weight is 294 g/mol. The predicted molar refractivity (Wildman–Crippen MR) is 68.7 cm³/mol. The number of fused-ring (bicyclic) bond motifs is 1. The van der Waals surface area contributed by atoms with Gasteiger partial charge in [-0.15, -0.1) is 0 Å². The number of nitrogens with zero attached hydrogens (tertiary/aromatic N) is 3. The van der Waals surface area contributed by atoms with E-state index >= 15 is 0 Å². The minimum Gasteiger partial charge on any atom is -0.328 e. The third kappa shape index (κ3) is 1.62. The first-order valence-corrected chi connectivity index (χ1v) is 6.59. The molecule has 0 bridgehead atoms. The van der Waals surface area contributed by atoms with Crippen molar-refractivity contribution in [2.75, 3.05) is 4.90 Å². The third-order valence-corrected chi connectivity index (χ3v) is 4.39. The molecule has 3 nitrogen and oxygen atoms in total. The van der Waals surface area contributed by atoms with Crippen LogP contribution in [0.3, 0.4) is 0 Å². The van der Waals surface area contributed by atoms with Gasteiger partial charge < -0.3 is 4.90 Å². The van der Waals surface area contributed by atoms with Crippen LogP contribution < -0.4 is 4.90 Å². The zero-order valence-corrected chi connectivity index (χ0v) is 10.8. The van der Waals surface area contributed by atoms with Crippen molar-refractivity contribution < 1.29 is 0 Å². The van der Waals surface area contributed by atoms with E-state index in [4.69, 9.17) is 5.26 Å². The number of nitriles is 1. The molecule has 0 atom stereocenters. The fourth-order valence-corrected chi connectivity index (χ4v) is 3.08. The van der Waals surface area contributed by atoms with E-state index in [1.807, 2.05) is 18.5 Å². The van der Waals surface area contributed by atoms with Crippen LogP contribution in [0.2, 0.25) is 0 Å². The lowest BCUT2D eigenvalue weighted by atomic mass is 10.2. The van der Waals surface area contributed by atoms with Crippen molar-refractivity contribution in [2.24, 2.45) is 4.40 Å². The number of rotatable bonds is 1. The van der Waals surface area contributed by atoms with Gasteiger partial charge in [0.1, 0.15) is 6.34 Å². The molecule has 2 aliphatic rings. The minimum atomic E-state index is 0.573. The van der Waals surface area contributed by atoms with Crippen molar-refractivity contribution in [2.45, 2.75) is 23.8 Å². The van der Waals surface area contributed by atoms with Crippen molar-refractivity contribution in [1.29, 1.82) is 5.26 Å². The summed E-state index contributed by atoms with van der Waals surface area (Å²) in [5.74, 6) is 0. The molecule has 16 heavy (non-hydrogen) atoms. The summed E-state index contributed by atoms with van der Waals surface area (Å²) in [4.78, 5) is 3.28. The van der Waals surface area contributed by atoms with Crippen LogP contribution in [-0.4, -0.2) is 12.4 Å². The fourth-order valence-electron chi connectivity index (χ4n) is 1.76. The molecule has 0 unspecified atom stereocenters. The van der Waals surface area contributed by atoms with Crippen molar-refractivity contribution in [3.8, 4) is 6.07 Å². The van der Waals surface area contributed by atoms with Gasteiger partial charge in [0.2, 0.25) is 0 Å². The van der Waals surface area contributed by atoms with Crippen LogP contribution >= 0.6 is 27.9 Å². The lowest BCUT2D eigenvalue weighted by Gasteiger charge is -2.25. The van der Waals surface area contributed by atoms with Gasteiger partial charge in [0.15, 0.2) is 0 Å². The lowest BCUT2D eigenvalue weighted by molar-refractivity contribution is 0.993. The lowest BCUT2D eigenvalue weighted by Crippen LogP contribution is -2.25. The maximum atomic E-state index is 8.97. The molecule has 1 aromatic carbocycles. The standard InChI is InChI=1S/C11H8BrN3S/c12-9-3-7(5-13)4-10-11(9)16-14-6-15(10)8-1-2-8/h3-4,6,8H,1-2H2. The molecule has 0 radical (unpaired) electrons. The van der Waals surface area contributed by atoms with E-state index in [9.17, 15) is 0 Å². The quantitative estimate of drug-likeness (QED) is 0.746.